The molecule has 2 aromatic carbocycles. The van der Waals surface area contributed by atoms with Gasteiger partial charge in [-0.05, 0) is 55.3 Å². The van der Waals surface area contributed by atoms with Gasteiger partial charge in [0, 0.05) is 18.7 Å². The van der Waals surface area contributed by atoms with Crippen LogP contribution in [-0.2, 0) is 19.6 Å². The molecule has 0 spiro atoms. The maximum atomic E-state index is 12.4. The van der Waals surface area contributed by atoms with E-state index in [9.17, 15) is 18.0 Å². The number of carbonyl (C=O) groups is 2. The van der Waals surface area contributed by atoms with Gasteiger partial charge >= 0.3 is 5.97 Å². The van der Waals surface area contributed by atoms with Gasteiger partial charge in [0.15, 0.2) is 0 Å². The van der Waals surface area contributed by atoms with Crippen molar-refractivity contribution in [3.05, 3.63) is 59.2 Å². The average molecular weight is 390 g/mol. The zero-order chi connectivity index (χ0) is 20.0. The summed E-state index contributed by atoms with van der Waals surface area (Å²) in [6, 6.07) is 11.4. The maximum Gasteiger partial charge on any atom is 0.337 e. The molecule has 0 aliphatic heterocycles. The van der Waals surface area contributed by atoms with E-state index in [1.54, 1.807) is 31.2 Å². The topological polar surface area (TPSA) is 102 Å². The van der Waals surface area contributed by atoms with Crippen LogP contribution in [0.2, 0.25) is 0 Å². The molecule has 1 amide bonds. The molecule has 144 valence electrons. The third-order valence-corrected chi connectivity index (χ3v) is 5.47. The minimum atomic E-state index is -3.68. The zero-order valence-corrected chi connectivity index (χ0v) is 16.2. The summed E-state index contributed by atoms with van der Waals surface area (Å²) in [6.45, 7) is 3.51. The molecule has 0 saturated carbocycles. The molecular weight excluding hydrogens is 368 g/mol. The molecule has 27 heavy (non-hydrogen) atoms. The van der Waals surface area contributed by atoms with Crippen LogP contribution < -0.4 is 10.0 Å². The van der Waals surface area contributed by atoms with Gasteiger partial charge in [0.1, 0.15) is 0 Å². The highest BCUT2D eigenvalue weighted by Crippen LogP contribution is 2.16. The lowest BCUT2D eigenvalue weighted by Crippen LogP contribution is -2.28. The summed E-state index contributed by atoms with van der Waals surface area (Å²) >= 11 is 0. The monoisotopic (exact) mass is 390 g/mol. The molecule has 2 rings (SSSR count). The van der Waals surface area contributed by atoms with Gasteiger partial charge in [0.25, 0.3) is 0 Å². The van der Waals surface area contributed by atoms with Gasteiger partial charge in [-0.25, -0.2) is 17.9 Å². The predicted octanol–water partition coefficient (Wildman–Crippen LogP) is 2.40. The van der Waals surface area contributed by atoms with Crippen LogP contribution in [0.3, 0.4) is 0 Å². The van der Waals surface area contributed by atoms with E-state index in [2.05, 4.69) is 14.8 Å². The summed E-state index contributed by atoms with van der Waals surface area (Å²) in [5.74, 6) is -0.807. The summed E-state index contributed by atoms with van der Waals surface area (Å²) in [4.78, 5) is 23.6. The summed E-state index contributed by atoms with van der Waals surface area (Å²) in [5, 5.41) is 2.65. The molecule has 0 aliphatic carbocycles. The number of anilines is 1. The Hall–Kier alpha value is -2.71. The third kappa shape index (κ3) is 5.63. The van der Waals surface area contributed by atoms with Gasteiger partial charge in [0.05, 0.1) is 17.6 Å². The van der Waals surface area contributed by atoms with Crippen LogP contribution in [0.15, 0.2) is 47.4 Å². The average Bonchev–Trinajstić information content (AvgIpc) is 2.63. The molecule has 7 nitrogen and oxygen atoms in total. The van der Waals surface area contributed by atoms with Crippen LogP contribution in [0.4, 0.5) is 5.69 Å². The van der Waals surface area contributed by atoms with E-state index in [1.165, 1.54) is 19.2 Å². The number of methoxy groups -OCH3 is 1. The second-order valence-corrected chi connectivity index (χ2v) is 7.77. The van der Waals surface area contributed by atoms with Crippen molar-refractivity contribution in [3.63, 3.8) is 0 Å². The van der Waals surface area contributed by atoms with Crippen LogP contribution >= 0.6 is 0 Å². The second kappa shape index (κ2) is 8.79. The fourth-order valence-corrected chi connectivity index (χ4v) is 3.76. The van der Waals surface area contributed by atoms with Crippen molar-refractivity contribution >= 4 is 27.6 Å². The lowest BCUT2D eigenvalue weighted by molar-refractivity contribution is -0.116. The van der Waals surface area contributed by atoms with Crippen molar-refractivity contribution in [2.45, 2.75) is 25.2 Å². The molecule has 0 fully saturated rings. The first-order chi connectivity index (χ1) is 12.7. The van der Waals surface area contributed by atoms with E-state index in [4.69, 9.17) is 0 Å². The number of sulfonamides is 1. The van der Waals surface area contributed by atoms with Crippen LogP contribution in [0.25, 0.3) is 0 Å². The highest BCUT2D eigenvalue weighted by atomic mass is 32.2. The predicted molar refractivity (Wildman–Crippen MR) is 102 cm³/mol. The number of aryl methyl sites for hydroxylation is 2. The Morgan fingerprint density at radius 3 is 2.33 bits per heavy atom. The van der Waals surface area contributed by atoms with Gasteiger partial charge in [-0.1, -0.05) is 12.1 Å². The number of hydrogen-bond donors (Lipinski definition) is 2. The Labute approximate surface area is 158 Å². The van der Waals surface area contributed by atoms with E-state index >= 15 is 0 Å². The van der Waals surface area contributed by atoms with Crippen molar-refractivity contribution in [1.29, 1.82) is 0 Å². The lowest BCUT2D eigenvalue weighted by Gasteiger charge is -2.10. The summed E-state index contributed by atoms with van der Waals surface area (Å²) in [5.41, 5.74) is 2.36. The molecule has 2 aromatic rings. The number of esters is 1. The van der Waals surface area contributed by atoms with E-state index in [0.717, 1.165) is 5.56 Å². The number of nitrogens with one attached hydrogen (secondary N) is 2. The van der Waals surface area contributed by atoms with Gasteiger partial charge < -0.3 is 10.1 Å². The fourth-order valence-electron chi connectivity index (χ4n) is 2.40. The van der Waals surface area contributed by atoms with E-state index in [0.29, 0.717) is 16.8 Å². The van der Waals surface area contributed by atoms with Crippen LogP contribution in [0.5, 0.6) is 0 Å². The SMILES string of the molecule is COC(=O)c1ccc(NC(=O)CCNS(=O)(=O)c2cc(C)ccc2C)cc1. The summed E-state index contributed by atoms with van der Waals surface area (Å²) < 4.78 is 31.8. The number of amides is 1. The van der Waals surface area contributed by atoms with Gasteiger partial charge in [-0.2, -0.15) is 0 Å². The maximum absolute atomic E-state index is 12.4. The Bertz CT molecular complexity index is 937. The van der Waals surface area contributed by atoms with Crippen LogP contribution in [0, 0.1) is 13.8 Å². The highest BCUT2D eigenvalue weighted by molar-refractivity contribution is 7.89. The number of benzene rings is 2. The summed E-state index contributed by atoms with van der Waals surface area (Å²) in [6.07, 6.45) is -0.0250. The van der Waals surface area contributed by atoms with Crippen molar-refractivity contribution in [2.24, 2.45) is 0 Å². The largest absolute Gasteiger partial charge is 0.465 e. The van der Waals surface area contributed by atoms with E-state index in [1.807, 2.05) is 13.0 Å². The zero-order valence-electron chi connectivity index (χ0n) is 15.4. The summed E-state index contributed by atoms with van der Waals surface area (Å²) in [7, 11) is -2.39. The van der Waals surface area contributed by atoms with E-state index < -0.39 is 16.0 Å². The molecule has 0 aliphatic rings. The molecule has 0 bridgehead atoms. The molecule has 0 aromatic heterocycles. The Morgan fingerprint density at radius 2 is 1.70 bits per heavy atom. The number of carbonyl (C=O) groups excluding carboxylic acids is 2. The third-order valence-electron chi connectivity index (χ3n) is 3.87. The number of ether oxygens (including phenoxy) is 1. The van der Waals surface area contributed by atoms with Gasteiger partial charge in [-0.15, -0.1) is 0 Å². The molecule has 0 atom stereocenters. The minimum Gasteiger partial charge on any atom is -0.465 e. The first-order valence-electron chi connectivity index (χ1n) is 8.28. The van der Waals surface area contributed by atoms with Crippen LogP contribution in [-0.4, -0.2) is 33.9 Å². The lowest BCUT2D eigenvalue weighted by atomic mass is 10.2. The first-order valence-corrected chi connectivity index (χ1v) is 9.76. The molecule has 2 N–H and O–H groups in total. The Morgan fingerprint density at radius 1 is 1.04 bits per heavy atom. The first kappa shape index (κ1) is 20.6. The van der Waals surface area contributed by atoms with Gasteiger partial charge in [0.2, 0.25) is 15.9 Å². The second-order valence-electron chi connectivity index (χ2n) is 6.03. The highest BCUT2D eigenvalue weighted by Gasteiger charge is 2.17. The number of hydrogen-bond acceptors (Lipinski definition) is 5. The van der Waals surface area contributed by atoms with Crippen molar-refractivity contribution in [1.82, 2.24) is 4.72 Å². The molecule has 0 saturated heterocycles. The number of rotatable bonds is 7. The minimum absolute atomic E-state index is 0.0250. The normalized spacial score (nSPS) is 11.1. The molecule has 0 heterocycles. The smallest absolute Gasteiger partial charge is 0.337 e. The molecular formula is C19H22N2O5S. The van der Waals surface area contributed by atoms with E-state index in [-0.39, 0.29) is 23.8 Å². The Kier molecular flexibility index (Phi) is 6.70. The molecule has 8 heteroatoms. The van der Waals surface area contributed by atoms with Crippen LogP contribution in [0.1, 0.15) is 27.9 Å². The quantitative estimate of drug-likeness (QED) is 0.707. The van der Waals surface area contributed by atoms with Crippen molar-refractivity contribution in [2.75, 3.05) is 19.0 Å². The Balaban J connectivity index is 1.90. The van der Waals surface area contributed by atoms with Gasteiger partial charge in [-0.3, -0.25) is 4.79 Å². The molecule has 0 radical (unpaired) electrons. The van der Waals surface area contributed by atoms with Crippen molar-refractivity contribution in [3.8, 4) is 0 Å². The fraction of sp³-hybridized carbons (Fsp3) is 0.263. The van der Waals surface area contributed by atoms with Crippen molar-refractivity contribution < 1.29 is 22.7 Å². The molecule has 0 unspecified atom stereocenters. The standard InChI is InChI=1S/C19H22N2O5S/c1-13-4-5-14(2)17(12-13)27(24,25)20-11-10-18(22)21-16-8-6-15(7-9-16)19(23)26-3/h4-9,12,20H,10-11H2,1-3H3,(H,21,22).